The van der Waals surface area contributed by atoms with E-state index in [1.54, 1.807) is 0 Å². The molecule has 3 N–H and O–H groups in total. The number of aryl methyl sites for hydroxylation is 2. The van der Waals surface area contributed by atoms with Crippen LogP contribution in [0.2, 0.25) is 0 Å². The number of para-hydroxylation sites is 1. The molecule has 0 unspecified atom stereocenters. The highest BCUT2D eigenvalue weighted by atomic mass is 16.5. The molecule has 1 aliphatic rings. The Morgan fingerprint density at radius 3 is 2.68 bits per heavy atom. The van der Waals surface area contributed by atoms with Crippen LogP contribution < -0.4 is 10.6 Å². The lowest BCUT2D eigenvalue weighted by molar-refractivity contribution is -0.0594. The fourth-order valence-electron chi connectivity index (χ4n) is 3.41. The van der Waals surface area contributed by atoms with E-state index in [2.05, 4.69) is 40.9 Å². The molecule has 152 valence electrons. The number of ether oxygens (including phenoxy) is 1. The van der Waals surface area contributed by atoms with Crippen LogP contribution >= 0.6 is 0 Å². The number of nitrogens with one attached hydrogen (secondary N) is 2. The molecule has 1 aromatic heterocycles. The summed E-state index contributed by atoms with van der Waals surface area (Å²) < 4.78 is 7.31. The van der Waals surface area contributed by atoms with Gasteiger partial charge in [-0.25, -0.2) is 9.67 Å². The number of guanidine groups is 1. The van der Waals surface area contributed by atoms with Crippen LogP contribution in [0.4, 0.5) is 0 Å². The zero-order valence-electron chi connectivity index (χ0n) is 17.0. The minimum Gasteiger partial charge on any atom is -0.388 e. The van der Waals surface area contributed by atoms with Crippen molar-refractivity contribution in [1.29, 1.82) is 0 Å². The predicted octanol–water partition coefficient (Wildman–Crippen LogP) is 2.09. The van der Waals surface area contributed by atoms with Gasteiger partial charge in [0.05, 0.1) is 23.5 Å². The summed E-state index contributed by atoms with van der Waals surface area (Å²) in [4.78, 5) is 4.73. The molecule has 7 nitrogen and oxygen atoms in total. The van der Waals surface area contributed by atoms with Crippen molar-refractivity contribution < 1.29 is 9.84 Å². The van der Waals surface area contributed by atoms with E-state index in [1.807, 2.05) is 30.7 Å². The maximum Gasteiger partial charge on any atom is 0.191 e. The summed E-state index contributed by atoms with van der Waals surface area (Å²) in [5.41, 5.74) is 3.48. The fraction of sp³-hybridized carbons (Fsp3) is 0.524. The smallest absolute Gasteiger partial charge is 0.191 e. The summed E-state index contributed by atoms with van der Waals surface area (Å²) in [6.45, 7) is 9.02. The quantitative estimate of drug-likeness (QED) is 0.524. The van der Waals surface area contributed by atoms with Crippen molar-refractivity contribution in [2.45, 2.75) is 45.8 Å². The van der Waals surface area contributed by atoms with Crippen LogP contribution in [-0.4, -0.2) is 52.8 Å². The molecule has 0 aliphatic carbocycles. The first kappa shape index (κ1) is 20.4. The third-order valence-electron chi connectivity index (χ3n) is 4.99. The Morgan fingerprint density at radius 2 is 2.00 bits per heavy atom. The Morgan fingerprint density at radius 1 is 1.25 bits per heavy atom. The third-order valence-corrected chi connectivity index (χ3v) is 4.99. The topological polar surface area (TPSA) is 83.7 Å². The van der Waals surface area contributed by atoms with Gasteiger partial charge < -0.3 is 20.5 Å². The minimum atomic E-state index is -0.740. The average molecular weight is 386 g/mol. The van der Waals surface area contributed by atoms with Gasteiger partial charge >= 0.3 is 0 Å². The zero-order chi connectivity index (χ0) is 20.0. The van der Waals surface area contributed by atoms with Gasteiger partial charge in [0.1, 0.15) is 0 Å². The Hall–Kier alpha value is -2.38. The van der Waals surface area contributed by atoms with E-state index in [4.69, 9.17) is 9.73 Å². The Kier molecular flexibility index (Phi) is 6.70. The molecule has 1 aliphatic heterocycles. The highest BCUT2D eigenvalue weighted by Gasteiger charge is 2.29. The third kappa shape index (κ3) is 5.11. The van der Waals surface area contributed by atoms with Crippen molar-refractivity contribution in [3.63, 3.8) is 0 Å². The molecule has 2 aromatic rings. The number of aliphatic hydroxyl groups is 1. The fourth-order valence-corrected chi connectivity index (χ4v) is 3.41. The lowest BCUT2D eigenvalue weighted by atomic mass is 9.94. The van der Waals surface area contributed by atoms with Crippen LogP contribution in [-0.2, 0) is 11.3 Å². The van der Waals surface area contributed by atoms with Gasteiger partial charge in [-0.3, -0.25) is 0 Å². The van der Waals surface area contributed by atoms with E-state index in [-0.39, 0.29) is 0 Å². The van der Waals surface area contributed by atoms with E-state index in [9.17, 15) is 5.11 Å². The molecule has 0 radical (unpaired) electrons. The summed E-state index contributed by atoms with van der Waals surface area (Å²) in [7, 11) is 0. The van der Waals surface area contributed by atoms with Gasteiger partial charge in [-0.2, -0.15) is 5.10 Å². The normalized spacial score (nSPS) is 16.8. The van der Waals surface area contributed by atoms with Crippen molar-refractivity contribution in [2.24, 2.45) is 4.99 Å². The second-order valence-corrected chi connectivity index (χ2v) is 7.35. The van der Waals surface area contributed by atoms with Crippen LogP contribution in [0.3, 0.4) is 0 Å². The van der Waals surface area contributed by atoms with Gasteiger partial charge in [-0.15, -0.1) is 0 Å². The summed E-state index contributed by atoms with van der Waals surface area (Å²) in [5.74, 6) is 0.700. The molecule has 28 heavy (non-hydrogen) atoms. The number of aliphatic imine (C=N–C) groups is 1. The van der Waals surface area contributed by atoms with E-state index >= 15 is 0 Å². The molecule has 0 bridgehead atoms. The van der Waals surface area contributed by atoms with Gasteiger partial charge in [0.15, 0.2) is 5.96 Å². The largest absolute Gasteiger partial charge is 0.388 e. The molecular formula is C21H31N5O2. The lowest BCUT2D eigenvalue weighted by Crippen LogP contribution is -2.49. The first-order chi connectivity index (χ1) is 13.5. The van der Waals surface area contributed by atoms with Gasteiger partial charge in [0.2, 0.25) is 0 Å². The number of aromatic nitrogens is 2. The molecule has 0 spiro atoms. The molecule has 2 heterocycles. The van der Waals surface area contributed by atoms with Gasteiger partial charge in [-0.1, -0.05) is 18.2 Å². The predicted molar refractivity (Wildman–Crippen MR) is 111 cm³/mol. The van der Waals surface area contributed by atoms with Crippen LogP contribution in [0.25, 0.3) is 5.69 Å². The molecule has 7 heteroatoms. The molecule has 3 rings (SSSR count). The number of benzene rings is 1. The maximum absolute atomic E-state index is 10.7. The monoisotopic (exact) mass is 385 g/mol. The van der Waals surface area contributed by atoms with Crippen molar-refractivity contribution >= 4 is 5.96 Å². The van der Waals surface area contributed by atoms with Gasteiger partial charge in [-0.05, 0) is 38.5 Å². The highest BCUT2D eigenvalue weighted by Crippen LogP contribution is 2.20. The minimum absolute atomic E-state index is 0.460. The molecule has 1 saturated heterocycles. The second-order valence-electron chi connectivity index (χ2n) is 7.35. The second kappa shape index (κ2) is 9.21. The van der Waals surface area contributed by atoms with E-state index in [0.717, 1.165) is 29.2 Å². The first-order valence-electron chi connectivity index (χ1n) is 9.94. The van der Waals surface area contributed by atoms with Crippen LogP contribution in [0, 0.1) is 13.8 Å². The van der Waals surface area contributed by atoms with Crippen molar-refractivity contribution in [3.8, 4) is 5.69 Å². The van der Waals surface area contributed by atoms with E-state index in [1.165, 1.54) is 0 Å². The number of hydrogen-bond donors (Lipinski definition) is 3. The Labute approximate surface area is 166 Å². The summed E-state index contributed by atoms with van der Waals surface area (Å²) in [6, 6.07) is 10.2. The molecule has 0 saturated carbocycles. The Bertz CT molecular complexity index is 809. The van der Waals surface area contributed by atoms with Gasteiger partial charge in [0.25, 0.3) is 0 Å². The van der Waals surface area contributed by atoms with Crippen LogP contribution in [0.15, 0.2) is 35.3 Å². The molecule has 0 amide bonds. The summed E-state index contributed by atoms with van der Waals surface area (Å²) in [5, 5.41) is 21.8. The molecule has 0 atom stereocenters. The van der Waals surface area contributed by atoms with Crippen molar-refractivity contribution in [3.05, 3.63) is 47.3 Å². The number of rotatable bonds is 6. The molecular weight excluding hydrogens is 354 g/mol. The molecule has 1 aromatic carbocycles. The SMILES string of the molecule is CCNC(=NCc1ccccc1-n1nc(C)cc1C)NCC1(O)CCOCC1. The summed E-state index contributed by atoms with van der Waals surface area (Å²) >= 11 is 0. The highest BCUT2D eigenvalue weighted by molar-refractivity contribution is 5.79. The molecule has 1 fully saturated rings. The van der Waals surface area contributed by atoms with Gasteiger partial charge in [0, 0.05) is 44.8 Å². The van der Waals surface area contributed by atoms with E-state index in [0.29, 0.717) is 45.1 Å². The number of nitrogens with zero attached hydrogens (tertiary/aromatic N) is 3. The first-order valence-corrected chi connectivity index (χ1v) is 9.94. The standard InChI is InChI=1S/C21H31N5O2/c1-4-22-20(24-15-21(27)9-11-28-12-10-21)23-14-18-7-5-6-8-19(18)26-17(3)13-16(2)25-26/h5-8,13,27H,4,9-12,14-15H2,1-3H3,(H2,22,23,24). The Balaban J connectivity index is 1.73. The number of hydrogen-bond acceptors (Lipinski definition) is 4. The maximum atomic E-state index is 10.7. The van der Waals surface area contributed by atoms with Crippen molar-refractivity contribution in [2.75, 3.05) is 26.3 Å². The lowest BCUT2D eigenvalue weighted by Gasteiger charge is -2.32. The van der Waals surface area contributed by atoms with Crippen molar-refractivity contribution in [1.82, 2.24) is 20.4 Å². The van der Waals surface area contributed by atoms with E-state index < -0.39 is 5.60 Å². The van der Waals surface area contributed by atoms with Crippen LogP contribution in [0.1, 0.15) is 36.7 Å². The summed E-state index contributed by atoms with van der Waals surface area (Å²) in [6.07, 6.45) is 1.28. The zero-order valence-corrected chi connectivity index (χ0v) is 17.0. The van der Waals surface area contributed by atoms with Crippen LogP contribution in [0.5, 0.6) is 0 Å². The average Bonchev–Trinajstić information content (AvgIpc) is 3.03.